The molecule has 0 saturated heterocycles. The predicted octanol–water partition coefficient (Wildman–Crippen LogP) is 6.35. The highest BCUT2D eigenvalue weighted by atomic mass is 32.1. The Morgan fingerprint density at radius 2 is 1.07 bits per heavy atom. The Labute approximate surface area is 251 Å². The monoisotopic (exact) mass is 636 g/mol. The van der Waals surface area contributed by atoms with Gasteiger partial charge in [-0.25, -0.2) is 8.78 Å². The molecule has 228 valence electrons. The van der Waals surface area contributed by atoms with Crippen molar-refractivity contribution in [2.75, 3.05) is 27.4 Å². The number of methoxy groups -OCH3 is 2. The van der Waals surface area contributed by atoms with Crippen molar-refractivity contribution in [1.29, 1.82) is 0 Å². The molecule has 0 fully saturated rings. The summed E-state index contributed by atoms with van der Waals surface area (Å²) in [6, 6.07) is 5.77. The van der Waals surface area contributed by atoms with E-state index in [1.165, 1.54) is 38.5 Å². The van der Waals surface area contributed by atoms with Crippen LogP contribution in [0.3, 0.4) is 0 Å². The van der Waals surface area contributed by atoms with Gasteiger partial charge in [-0.15, -0.1) is 22.7 Å². The third-order valence-corrected chi connectivity index (χ3v) is 8.51. The molecule has 0 unspecified atom stereocenters. The summed E-state index contributed by atoms with van der Waals surface area (Å²) < 4.78 is 53.4. The molecule has 0 radical (unpaired) electrons. The average molecular weight is 637 g/mol. The van der Waals surface area contributed by atoms with Gasteiger partial charge in [0.1, 0.15) is 0 Å². The summed E-state index contributed by atoms with van der Waals surface area (Å²) in [5.74, 6) is -4.68. The SMILES string of the molecule is COc1cc2sc(C(=O)CCC(=O)O)cc2c(F)c1OCCCOc1c(OC)cc2sc(C(=O)CCC(=O)O)cc2c1F. The Hall–Kier alpha value is -4.30. The molecule has 4 aromatic rings. The molecule has 0 amide bonds. The molecule has 2 heterocycles. The third kappa shape index (κ3) is 7.20. The molecule has 0 saturated carbocycles. The van der Waals surface area contributed by atoms with Crippen LogP contribution in [0.5, 0.6) is 23.0 Å². The molecule has 4 rings (SSSR count). The lowest BCUT2D eigenvalue weighted by Crippen LogP contribution is -2.08. The normalized spacial score (nSPS) is 11.1. The number of carboxylic acid groups (broad SMARTS) is 2. The summed E-state index contributed by atoms with van der Waals surface area (Å²) in [6.45, 7) is -0.0830. The highest BCUT2D eigenvalue weighted by Gasteiger charge is 2.22. The number of carboxylic acids is 2. The maximum absolute atomic E-state index is 15.4. The number of Topliss-reactive ketones (excluding diaryl/α,β-unsaturated/α-hetero) is 2. The number of ether oxygens (including phenoxy) is 4. The van der Waals surface area contributed by atoms with E-state index in [1.807, 2.05) is 0 Å². The van der Waals surface area contributed by atoms with Gasteiger partial charge in [-0.3, -0.25) is 19.2 Å². The molecule has 14 heteroatoms. The summed E-state index contributed by atoms with van der Waals surface area (Å²) in [5.41, 5.74) is 0. The maximum atomic E-state index is 15.4. The Kier molecular flexibility index (Phi) is 10.1. The molecule has 0 bridgehead atoms. The molecule has 0 aliphatic rings. The lowest BCUT2D eigenvalue weighted by atomic mass is 10.1. The van der Waals surface area contributed by atoms with Gasteiger partial charge in [0.2, 0.25) is 0 Å². The van der Waals surface area contributed by atoms with Crippen LogP contribution in [-0.2, 0) is 9.59 Å². The number of thiophene rings is 2. The van der Waals surface area contributed by atoms with Crippen molar-refractivity contribution < 1.29 is 57.1 Å². The zero-order valence-corrected chi connectivity index (χ0v) is 24.6. The largest absolute Gasteiger partial charge is 0.493 e. The van der Waals surface area contributed by atoms with Gasteiger partial charge in [-0.1, -0.05) is 0 Å². The number of hydrogen-bond donors (Lipinski definition) is 2. The van der Waals surface area contributed by atoms with Crippen molar-refractivity contribution in [2.45, 2.75) is 32.1 Å². The highest BCUT2D eigenvalue weighted by Crippen LogP contribution is 2.42. The molecule has 2 aromatic carbocycles. The van der Waals surface area contributed by atoms with Crippen molar-refractivity contribution in [1.82, 2.24) is 0 Å². The van der Waals surface area contributed by atoms with Crippen molar-refractivity contribution in [2.24, 2.45) is 0 Å². The van der Waals surface area contributed by atoms with Crippen LogP contribution in [0.1, 0.15) is 51.4 Å². The quantitative estimate of drug-likeness (QED) is 0.105. The number of hydrogen-bond acceptors (Lipinski definition) is 10. The minimum atomic E-state index is -1.11. The summed E-state index contributed by atoms with van der Waals surface area (Å²) in [4.78, 5) is 46.7. The van der Waals surface area contributed by atoms with Crippen LogP contribution in [0.4, 0.5) is 8.78 Å². The van der Waals surface area contributed by atoms with E-state index >= 15 is 8.78 Å². The maximum Gasteiger partial charge on any atom is 0.303 e. The number of halogens is 2. The fourth-order valence-corrected chi connectivity index (χ4v) is 6.25. The Balaban J connectivity index is 1.43. The number of rotatable bonds is 16. The zero-order valence-electron chi connectivity index (χ0n) is 23.0. The number of aliphatic carboxylic acids is 2. The zero-order chi connectivity index (χ0) is 31.3. The summed E-state index contributed by atoms with van der Waals surface area (Å²) in [6.07, 6.45) is -0.877. The molecule has 0 atom stereocenters. The number of ketones is 2. The minimum Gasteiger partial charge on any atom is -0.493 e. The van der Waals surface area contributed by atoms with E-state index in [4.69, 9.17) is 29.2 Å². The van der Waals surface area contributed by atoms with Gasteiger partial charge >= 0.3 is 11.9 Å². The molecule has 0 spiro atoms. The first kappa shape index (κ1) is 31.6. The molecule has 43 heavy (non-hydrogen) atoms. The van der Waals surface area contributed by atoms with E-state index in [9.17, 15) is 19.2 Å². The molecular weight excluding hydrogens is 610 g/mol. The molecule has 0 aliphatic heterocycles. The first-order chi connectivity index (χ1) is 20.5. The van der Waals surface area contributed by atoms with Gasteiger partial charge in [-0.2, -0.15) is 0 Å². The van der Waals surface area contributed by atoms with Crippen molar-refractivity contribution >= 4 is 66.4 Å². The van der Waals surface area contributed by atoms with Crippen LogP contribution < -0.4 is 18.9 Å². The van der Waals surface area contributed by atoms with E-state index in [2.05, 4.69) is 0 Å². The van der Waals surface area contributed by atoms with Gasteiger partial charge in [0.25, 0.3) is 0 Å². The van der Waals surface area contributed by atoms with Crippen molar-refractivity contribution in [3.63, 3.8) is 0 Å². The minimum absolute atomic E-state index is 0.0415. The third-order valence-electron chi connectivity index (χ3n) is 6.27. The van der Waals surface area contributed by atoms with E-state index in [-0.39, 0.29) is 88.8 Å². The Bertz CT molecular complexity index is 1580. The smallest absolute Gasteiger partial charge is 0.303 e. The summed E-state index contributed by atoms with van der Waals surface area (Å²) in [5, 5.41) is 17.9. The van der Waals surface area contributed by atoms with E-state index < -0.39 is 35.1 Å². The summed E-state index contributed by atoms with van der Waals surface area (Å²) in [7, 11) is 2.67. The second kappa shape index (κ2) is 13.8. The number of benzene rings is 2. The fraction of sp³-hybridized carbons (Fsp3) is 0.310. The van der Waals surface area contributed by atoms with Crippen LogP contribution in [-0.4, -0.2) is 61.2 Å². The van der Waals surface area contributed by atoms with Gasteiger partial charge in [0, 0.05) is 51.6 Å². The van der Waals surface area contributed by atoms with Crippen LogP contribution in [0.2, 0.25) is 0 Å². The van der Waals surface area contributed by atoms with E-state index in [0.29, 0.717) is 9.40 Å². The lowest BCUT2D eigenvalue weighted by Gasteiger charge is -2.14. The van der Waals surface area contributed by atoms with Crippen molar-refractivity contribution in [3.05, 3.63) is 45.7 Å². The predicted molar refractivity (Wildman–Crippen MR) is 155 cm³/mol. The molecule has 2 N–H and O–H groups in total. The molecule has 2 aromatic heterocycles. The molecule has 10 nitrogen and oxygen atoms in total. The number of carbonyl (C=O) groups excluding carboxylic acids is 2. The Morgan fingerprint density at radius 1 is 0.674 bits per heavy atom. The lowest BCUT2D eigenvalue weighted by molar-refractivity contribution is -0.137. The molecule has 0 aliphatic carbocycles. The first-order valence-electron chi connectivity index (χ1n) is 12.9. The fourth-order valence-electron chi connectivity index (χ4n) is 4.14. The van der Waals surface area contributed by atoms with Gasteiger partial charge < -0.3 is 29.2 Å². The average Bonchev–Trinajstić information content (AvgIpc) is 3.61. The summed E-state index contributed by atoms with van der Waals surface area (Å²) >= 11 is 2.05. The van der Waals surface area contributed by atoms with Crippen molar-refractivity contribution in [3.8, 4) is 23.0 Å². The van der Waals surface area contributed by atoms with Gasteiger partial charge in [-0.05, 0) is 12.1 Å². The second-order valence-electron chi connectivity index (χ2n) is 9.17. The number of fused-ring (bicyclic) bond motifs is 2. The Morgan fingerprint density at radius 3 is 1.42 bits per heavy atom. The highest BCUT2D eigenvalue weighted by molar-refractivity contribution is 7.21. The van der Waals surface area contributed by atoms with E-state index in [0.717, 1.165) is 22.7 Å². The van der Waals surface area contributed by atoms with Crippen LogP contribution in [0.15, 0.2) is 24.3 Å². The van der Waals surface area contributed by atoms with E-state index in [1.54, 1.807) is 0 Å². The van der Waals surface area contributed by atoms with Crippen LogP contribution >= 0.6 is 22.7 Å². The number of carbonyl (C=O) groups is 4. The van der Waals surface area contributed by atoms with Gasteiger partial charge in [0.05, 0.1) is 50.0 Å². The first-order valence-corrected chi connectivity index (χ1v) is 14.5. The van der Waals surface area contributed by atoms with Crippen LogP contribution in [0, 0.1) is 11.6 Å². The standard InChI is InChI=1S/C29H26F2O10S2/c1-38-18-12-20-14(10-22(42-20)16(32)4-6-24(34)35)26(30)28(18)40-8-3-9-41-29-19(39-2)13-21-15(27(29)31)11-23(43-21)17(33)5-7-25(36)37/h10-13H,3-9H2,1-2H3,(H,34,35)(H,36,37). The van der Waals surface area contributed by atoms with Crippen LogP contribution in [0.25, 0.3) is 20.2 Å². The second-order valence-corrected chi connectivity index (χ2v) is 11.3. The topological polar surface area (TPSA) is 146 Å². The van der Waals surface area contributed by atoms with Gasteiger partial charge in [0.15, 0.2) is 46.2 Å². The molecular formula is C29H26F2O10S2.